The van der Waals surface area contributed by atoms with Crippen molar-refractivity contribution < 1.29 is 19.0 Å². The maximum absolute atomic E-state index is 13.0. The molecule has 0 saturated heterocycles. The number of fused-ring (bicyclic) bond motifs is 2. The Balaban J connectivity index is 1.65. The average molecular weight is 447 g/mol. The number of carbonyl (C=O) groups is 1. The molecule has 156 valence electrons. The summed E-state index contributed by atoms with van der Waals surface area (Å²) in [6.07, 6.45) is 0.0832. The minimum Gasteiger partial charge on any atom is -0.486 e. The number of esters is 1. The molecule has 7 nitrogen and oxygen atoms in total. The molecule has 2 heterocycles. The second kappa shape index (κ2) is 8.97. The molecule has 4 rings (SSSR count). The largest absolute Gasteiger partial charge is 0.486 e. The normalized spacial score (nSPS) is 12.7. The van der Waals surface area contributed by atoms with Gasteiger partial charge in [-0.1, -0.05) is 35.5 Å². The monoisotopic (exact) mass is 446 g/mol. The molecule has 1 aliphatic rings. The SMILES string of the molecule is COC(=O)CCn1c(SCc2cc(Cl)c3c(c2)OCCO3)nc2ccccc2c1=O. The lowest BCUT2D eigenvalue weighted by Gasteiger charge is -2.20. The van der Waals surface area contributed by atoms with Gasteiger partial charge in [0.1, 0.15) is 13.2 Å². The molecule has 0 unspecified atom stereocenters. The number of ether oxygens (including phenoxy) is 3. The van der Waals surface area contributed by atoms with Crippen molar-refractivity contribution in [2.75, 3.05) is 20.3 Å². The number of rotatable bonds is 6. The van der Waals surface area contributed by atoms with Crippen LogP contribution in [0.2, 0.25) is 5.02 Å². The van der Waals surface area contributed by atoms with Crippen LogP contribution < -0.4 is 15.0 Å². The predicted octanol–water partition coefficient (Wildman–Crippen LogP) is 3.68. The Morgan fingerprint density at radius 2 is 2.07 bits per heavy atom. The summed E-state index contributed by atoms with van der Waals surface area (Å²) in [4.78, 5) is 29.3. The van der Waals surface area contributed by atoms with Crippen molar-refractivity contribution in [3.05, 3.63) is 57.3 Å². The second-order valence-electron chi connectivity index (χ2n) is 6.58. The van der Waals surface area contributed by atoms with Gasteiger partial charge < -0.3 is 14.2 Å². The van der Waals surface area contributed by atoms with E-state index < -0.39 is 0 Å². The molecule has 1 aliphatic heterocycles. The summed E-state index contributed by atoms with van der Waals surface area (Å²) in [5, 5.41) is 1.51. The molecule has 0 atom stereocenters. The Bertz CT molecular complexity index is 1160. The Morgan fingerprint density at radius 1 is 1.27 bits per heavy atom. The van der Waals surface area contributed by atoms with E-state index in [-0.39, 0.29) is 24.5 Å². The zero-order valence-electron chi connectivity index (χ0n) is 16.2. The highest BCUT2D eigenvalue weighted by Gasteiger charge is 2.18. The molecule has 0 aliphatic carbocycles. The summed E-state index contributed by atoms with van der Waals surface area (Å²) >= 11 is 7.72. The molecule has 30 heavy (non-hydrogen) atoms. The molecule has 3 aromatic rings. The summed E-state index contributed by atoms with van der Waals surface area (Å²) in [6.45, 7) is 1.13. The highest BCUT2D eigenvalue weighted by molar-refractivity contribution is 7.98. The van der Waals surface area contributed by atoms with E-state index in [4.69, 9.17) is 25.8 Å². The molecule has 0 fully saturated rings. The minimum absolute atomic E-state index is 0.0832. The van der Waals surface area contributed by atoms with E-state index >= 15 is 0 Å². The third-order valence-electron chi connectivity index (χ3n) is 4.62. The number of aromatic nitrogens is 2. The molecular weight excluding hydrogens is 428 g/mol. The van der Waals surface area contributed by atoms with Crippen molar-refractivity contribution in [2.45, 2.75) is 23.9 Å². The summed E-state index contributed by atoms with van der Waals surface area (Å²) in [5.74, 6) is 1.29. The molecular formula is C21H19ClN2O5S. The topological polar surface area (TPSA) is 79.7 Å². The lowest BCUT2D eigenvalue weighted by atomic mass is 10.2. The highest BCUT2D eigenvalue weighted by Crippen LogP contribution is 2.39. The van der Waals surface area contributed by atoms with Gasteiger partial charge >= 0.3 is 5.97 Å². The molecule has 2 aromatic carbocycles. The Hall–Kier alpha value is -2.71. The van der Waals surface area contributed by atoms with E-state index in [9.17, 15) is 9.59 Å². The number of halogens is 1. The van der Waals surface area contributed by atoms with Gasteiger partial charge in [0, 0.05) is 12.3 Å². The van der Waals surface area contributed by atoms with Crippen LogP contribution in [0.25, 0.3) is 10.9 Å². The van der Waals surface area contributed by atoms with Crippen LogP contribution in [-0.4, -0.2) is 35.8 Å². The van der Waals surface area contributed by atoms with Crippen LogP contribution >= 0.6 is 23.4 Å². The van der Waals surface area contributed by atoms with Gasteiger partial charge in [-0.2, -0.15) is 0 Å². The second-order valence-corrected chi connectivity index (χ2v) is 7.93. The molecule has 0 N–H and O–H groups in total. The van der Waals surface area contributed by atoms with Gasteiger partial charge in [0.05, 0.1) is 29.5 Å². The van der Waals surface area contributed by atoms with E-state index in [1.807, 2.05) is 18.2 Å². The standard InChI is InChI=1S/C21H19ClN2O5S/c1-27-18(25)6-7-24-20(26)14-4-2-3-5-16(14)23-21(24)30-12-13-10-15(22)19-17(11-13)28-8-9-29-19/h2-5,10-11H,6-9,12H2,1H3. The van der Waals surface area contributed by atoms with Gasteiger partial charge in [-0.05, 0) is 29.8 Å². The zero-order chi connectivity index (χ0) is 21.1. The number of hydrogen-bond donors (Lipinski definition) is 0. The number of para-hydroxylation sites is 1. The first kappa shape index (κ1) is 20.6. The molecule has 0 saturated carbocycles. The number of benzene rings is 2. The minimum atomic E-state index is -0.385. The van der Waals surface area contributed by atoms with Gasteiger partial charge in [-0.3, -0.25) is 14.2 Å². The van der Waals surface area contributed by atoms with Crippen LogP contribution in [0.5, 0.6) is 11.5 Å². The van der Waals surface area contributed by atoms with Crippen LogP contribution in [-0.2, 0) is 21.8 Å². The first-order valence-corrected chi connectivity index (χ1v) is 10.7. The number of nitrogens with zero attached hydrogens (tertiary/aromatic N) is 2. The fraction of sp³-hybridized carbons (Fsp3) is 0.286. The van der Waals surface area contributed by atoms with Gasteiger partial charge in [0.15, 0.2) is 16.7 Å². The molecule has 0 spiro atoms. The molecule has 9 heteroatoms. The molecule has 0 amide bonds. The molecule has 1 aromatic heterocycles. The quantitative estimate of drug-likeness (QED) is 0.324. The third-order valence-corrected chi connectivity index (χ3v) is 5.95. The summed E-state index contributed by atoms with van der Waals surface area (Å²) in [5.41, 5.74) is 1.34. The Morgan fingerprint density at radius 3 is 2.90 bits per heavy atom. The van der Waals surface area contributed by atoms with Crippen molar-refractivity contribution in [3.8, 4) is 11.5 Å². The van der Waals surface area contributed by atoms with Crippen LogP contribution in [0.3, 0.4) is 0 Å². The van der Waals surface area contributed by atoms with Gasteiger partial charge in [0.25, 0.3) is 5.56 Å². The number of carbonyl (C=O) groups excluding carboxylic acids is 1. The molecule has 0 radical (unpaired) electrons. The Kier molecular flexibility index (Phi) is 6.15. The van der Waals surface area contributed by atoms with Gasteiger partial charge in [0.2, 0.25) is 0 Å². The lowest BCUT2D eigenvalue weighted by molar-refractivity contribution is -0.140. The van der Waals surface area contributed by atoms with E-state index in [1.165, 1.54) is 23.4 Å². The highest BCUT2D eigenvalue weighted by atomic mass is 35.5. The van der Waals surface area contributed by atoms with Crippen LogP contribution in [0.15, 0.2) is 46.3 Å². The fourth-order valence-corrected chi connectivity index (χ4v) is 4.40. The van der Waals surface area contributed by atoms with E-state index in [2.05, 4.69) is 4.98 Å². The van der Waals surface area contributed by atoms with Crippen LogP contribution in [0.1, 0.15) is 12.0 Å². The Labute approximate surface area is 181 Å². The van der Waals surface area contributed by atoms with Crippen LogP contribution in [0, 0.1) is 0 Å². The maximum Gasteiger partial charge on any atom is 0.307 e. The summed E-state index contributed by atoms with van der Waals surface area (Å²) < 4.78 is 17.4. The average Bonchev–Trinajstić information content (AvgIpc) is 2.77. The van der Waals surface area contributed by atoms with E-state index in [0.717, 1.165) is 5.56 Å². The fourth-order valence-electron chi connectivity index (χ4n) is 3.16. The van der Waals surface area contributed by atoms with Crippen molar-refractivity contribution in [1.82, 2.24) is 9.55 Å². The number of methoxy groups -OCH3 is 1. The first-order valence-electron chi connectivity index (χ1n) is 9.34. The smallest absolute Gasteiger partial charge is 0.307 e. The van der Waals surface area contributed by atoms with E-state index in [0.29, 0.717) is 51.5 Å². The molecule has 0 bridgehead atoms. The zero-order valence-corrected chi connectivity index (χ0v) is 17.8. The number of thioether (sulfide) groups is 1. The predicted molar refractivity (Wildman–Crippen MR) is 115 cm³/mol. The van der Waals surface area contributed by atoms with Crippen molar-refractivity contribution in [3.63, 3.8) is 0 Å². The number of hydrogen-bond acceptors (Lipinski definition) is 7. The van der Waals surface area contributed by atoms with Gasteiger partial charge in [-0.25, -0.2) is 4.98 Å². The van der Waals surface area contributed by atoms with E-state index in [1.54, 1.807) is 18.2 Å². The first-order chi connectivity index (χ1) is 14.6. The van der Waals surface area contributed by atoms with Gasteiger partial charge in [-0.15, -0.1) is 0 Å². The lowest BCUT2D eigenvalue weighted by Crippen LogP contribution is -2.24. The van der Waals surface area contributed by atoms with Crippen molar-refractivity contribution in [2.24, 2.45) is 0 Å². The summed E-state index contributed by atoms with van der Waals surface area (Å²) in [7, 11) is 1.32. The van der Waals surface area contributed by atoms with Crippen molar-refractivity contribution >= 4 is 40.2 Å². The maximum atomic E-state index is 13.0. The third kappa shape index (κ3) is 4.24. The van der Waals surface area contributed by atoms with Crippen LogP contribution in [0.4, 0.5) is 0 Å². The summed E-state index contributed by atoms with van der Waals surface area (Å²) in [6, 6.07) is 10.9. The van der Waals surface area contributed by atoms with Crippen molar-refractivity contribution in [1.29, 1.82) is 0 Å².